The minimum absolute atomic E-state index is 0.1000. The van der Waals surface area contributed by atoms with E-state index < -0.39 is 67.0 Å². The number of nitrogens with one attached hydrogen (secondary N) is 4. The Morgan fingerprint density at radius 1 is 0.825 bits per heavy atom. The zero-order chi connectivity index (χ0) is 42.1. The van der Waals surface area contributed by atoms with Gasteiger partial charge in [-0.1, -0.05) is 30.5 Å². The molecule has 20 heteroatoms. The first-order valence-corrected chi connectivity index (χ1v) is 19.4. The number of aliphatic hydroxyl groups is 3. The van der Waals surface area contributed by atoms with Crippen LogP contribution in [0, 0.1) is 0 Å². The summed E-state index contributed by atoms with van der Waals surface area (Å²) in [4.78, 5) is 59.8. The zero-order valence-electron chi connectivity index (χ0n) is 32.6. The molecule has 1 heterocycles. The molecule has 57 heavy (non-hydrogen) atoms. The van der Waals surface area contributed by atoms with E-state index in [1.165, 1.54) is 19.1 Å². The number of ether oxygens (including phenoxy) is 6. The van der Waals surface area contributed by atoms with E-state index in [4.69, 9.17) is 40.0 Å². The Kier molecular flexibility index (Phi) is 24.4. The first kappa shape index (κ1) is 49.6. The molecule has 0 aromatic heterocycles. The molecule has 1 aromatic carbocycles. The summed E-state index contributed by atoms with van der Waals surface area (Å²) in [6, 6.07) is 4.71. The van der Waals surface area contributed by atoms with E-state index >= 15 is 0 Å². The van der Waals surface area contributed by atoms with Gasteiger partial charge < -0.3 is 70.1 Å². The lowest BCUT2D eigenvalue weighted by molar-refractivity contribution is -0.310. The fourth-order valence-corrected chi connectivity index (χ4v) is 5.80. The topological polar surface area (TPSA) is 270 Å². The summed E-state index contributed by atoms with van der Waals surface area (Å²) in [6.07, 6.45) is -4.93. The summed E-state index contributed by atoms with van der Waals surface area (Å²) in [5.74, 6) is -5.45. The van der Waals surface area contributed by atoms with Crippen molar-refractivity contribution in [1.82, 2.24) is 21.3 Å². The van der Waals surface area contributed by atoms with Crippen molar-refractivity contribution < 1.29 is 72.8 Å². The number of unbranched alkanes of at least 4 members (excludes halogenated alkanes) is 3. The van der Waals surface area contributed by atoms with Gasteiger partial charge in [0.15, 0.2) is 0 Å². The molecule has 1 fully saturated rings. The Labute approximate surface area is 337 Å². The predicted molar refractivity (Wildman–Crippen MR) is 203 cm³/mol. The lowest BCUT2D eigenvalue weighted by Crippen LogP contribution is -2.68. The summed E-state index contributed by atoms with van der Waals surface area (Å²) >= 11 is 5.93. The number of halogens is 1. The van der Waals surface area contributed by atoms with Crippen molar-refractivity contribution in [2.75, 3.05) is 79.1 Å². The highest BCUT2D eigenvalue weighted by molar-refractivity contribution is 6.30. The van der Waals surface area contributed by atoms with E-state index in [9.17, 15) is 44.4 Å². The molecule has 0 unspecified atom stereocenters. The monoisotopic (exact) mass is 834 g/mol. The standard InChI is InChI=1S/C37H59ClN4O15/c1-25(43)39-11-14-52-16-18-54-20-21-55-19-17-53-15-12-40-31(47)10-5-3-4-6-13-56-37(36(50)51)23-29(45)32(42-26(2)44)34(57-37)33(48)30(46)24-41-35(49)27-8-7-9-28(38)22-27/h7-9,22,29-30,32-34,45-46,48H,3-6,10-21,23-24H2,1-2H3,(H,39,43)(H,40,47)(H,41,49)(H,42,44)(H,50,51)/t29-,30+,32+,33+,34+,37+/m0/s1. The molecule has 0 bridgehead atoms. The Bertz CT molecular complexity index is 1380. The van der Waals surface area contributed by atoms with Gasteiger partial charge in [0.2, 0.25) is 17.7 Å². The average molecular weight is 835 g/mol. The van der Waals surface area contributed by atoms with E-state index in [1.54, 1.807) is 12.1 Å². The first-order valence-electron chi connectivity index (χ1n) is 19.0. The van der Waals surface area contributed by atoms with Crippen LogP contribution in [-0.4, -0.2) is 165 Å². The zero-order valence-corrected chi connectivity index (χ0v) is 33.3. The van der Waals surface area contributed by atoms with Gasteiger partial charge in [0.25, 0.3) is 11.7 Å². The van der Waals surface area contributed by atoms with Crippen molar-refractivity contribution in [3.8, 4) is 0 Å². The summed E-state index contributed by atoms with van der Waals surface area (Å²) in [5.41, 5.74) is 0.196. The molecule has 0 saturated carbocycles. The normalized spacial score (nSPS) is 20.3. The highest BCUT2D eigenvalue weighted by Crippen LogP contribution is 2.34. The Balaban J connectivity index is 1.64. The van der Waals surface area contributed by atoms with Gasteiger partial charge in [-0.2, -0.15) is 0 Å². The molecule has 2 rings (SSSR count). The van der Waals surface area contributed by atoms with Gasteiger partial charge in [0.1, 0.15) is 12.2 Å². The average Bonchev–Trinajstić information content (AvgIpc) is 3.16. The van der Waals surface area contributed by atoms with Crippen LogP contribution < -0.4 is 21.3 Å². The van der Waals surface area contributed by atoms with Crippen LogP contribution in [-0.2, 0) is 47.6 Å². The van der Waals surface area contributed by atoms with Crippen molar-refractivity contribution in [3.63, 3.8) is 0 Å². The number of carbonyl (C=O) groups is 5. The third-order valence-corrected chi connectivity index (χ3v) is 8.73. The molecule has 19 nitrogen and oxygen atoms in total. The lowest BCUT2D eigenvalue weighted by atomic mass is 9.88. The van der Waals surface area contributed by atoms with Gasteiger partial charge in [0.05, 0.1) is 77.7 Å². The van der Waals surface area contributed by atoms with Gasteiger partial charge in [-0.05, 0) is 31.0 Å². The van der Waals surface area contributed by atoms with Crippen LogP contribution in [0.2, 0.25) is 5.02 Å². The first-order chi connectivity index (χ1) is 27.3. The van der Waals surface area contributed by atoms with Crippen LogP contribution in [0.15, 0.2) is 24.3 Å². The molecule has 0 spiro atoms. The van der Waals surface area contributed by atoms with Gasteiger partial charge >= 0.3 is 5.97 Å². The number of aliphatic hydroxyl groups excluding tert-OH is 3. The summed E-state index contributed by atoms with van der Waals surface area (Å²) in [5, 5.41) is 53.5. The van der Waals surface area contributed by atoms with Crippen molar-refractivity contribution in [2.24, 2.45) is 0 Å². The number of amides is 4. The number of rotatable bonds is 30. The molecule has 1 aromatic rings. The molecule has 4 amide bonds. The molecular formula is C37H59ClN4O15. The van der Waals surface area contributed by atoms with Crippen molar-refractivity contribution in [2.45, 2.75) is 88.6 Å². The van der Waals surface area contributed by atoms with Crippen molar-refractivity contribution >= 4 is 41.2 Å². The highest BCUT2D eigenvalue weighted by Gasteiger charge is 2.55. The maximum Gasteiger partial charge on any atom is 0.364 e. The van der Waals surface area contributed by atoms with Gasteiger partial charge in [-0.25, -0.2) is 4.79 Å². The second-order valence-electron chi connectivity index (χ2n) is 13.2. The highest BCUT2D eigenvalue weighted by atomic mass is 35.5. The minimum Gasteiger partial charge on any atom is -0.477 e. The fraction of sp³-hybridized carbons (Fsp3) is 0.703. The number of hydrogen-bond acceptors (Lipinski definition) is 14. The van der Waals surface area contributed by atoms with Crippen LogP contribution in [0.3, 0.4) is 0 Å². The molecular weight excluding hydrogens is 776 g/mol. The van der Waals surface area contributed by atoms with Crippen LogP contribution in [0.25, 0.3) is 0 Å². The fourth-order valence-electron chi connectivity index (χ4n) is 5.61. The number of carboxylic acid groups (broad SMARTS) is 1. The number of aliphatic carboxylic acids is 1. The maximum atomic E-state index is 12.5. The molecule has 0 radical (unpaired) electrons. The van der Waals surface area contributed by atoms with Crippen LogP contribution in [0.5, 0.6) is 0 Å². The minimum atomic E-state index is -2.42. The Morgan fingerprint density at radius 2 is 1.42 bits per heavy atom. The van der Waals surface area contributed by atoms with Crippen LogP contribution in [0.4, 0.5) is 0 Å². The van der Waals surface area contributed by atoms with E-state index in [-0.39, 0.29) is 30.4 Å². The molecule has 1 saturated heterocycles. The summed E-state index contributed by atoms with van der Waals surface area (Å²) in [6.45, 7) is 5.96. The van der Waals surface area contributed by atoms with Gasteiger partial charge in [-0.15, -0.1) is 0 Å². The van der Waals surface area contributed by atoms with Crippen molar-refractivity contribution in [3.05, 3.63) is 34.9 Å². The quantitative estimate of drug-likeness (QED) is 0.0455. The second kappa shape index (κ2) is 28.0. The van der Waals surface area contributed by atoms with E-state index in [0.29, 0.717) is 96.7 Å². The van der Waals surface area contributed by atoms with E-state index in [0.717, 1.165) is 6.92 Å². The largest absolute Gasteiger partial charge is 0.477 e. The number of carboxylic acids is 1. The number of hydrogen-bond donors (Lipinski definition) is 8. The molecule has 0 aliphatic carbocycles. The second-order valence-corrected chi connectivity index (χ2v) is 13.6. The number of benzene rings is 1. The SMILES string of the molecule is CC(=O)NCCOCCOCCOCCOCCNC(=O)CCCCCCO[C@]1(C(=O)O)C[C@H](O)[C@@H](NC(C)=O)[C@H]([C@H](O)[C@H](O)CNC(=O)c2cccc(Cl)c2)O1. The summed E-state index contributed by atoms with van der Waals surface area (Å²) in [7, 11) is 0. The summed E-state index contributed by atoms with van der Waals surface area (Å²) < 4.78 is 33.0. The third-order valence-electron chi connectivity index (χ3n) is 8.50. The van der Waals surface area contributed by atoms with E-state index in [1.807, 2.05) is 0 Å². The Morgan fingerprint density at radius 3 is 2.00 bits per heavy atom. The smallest absolute Gasteiger partial charge is 0.364 e. The van der Waals surface area contributed by atoms with Gasteiger partial charge in [-0.3, -0.25) is 19.2 Å². The molecule has 324 valence electrons. The van der Waals surface area contributed by atoms with Crippen LogP contribution in [0.1, 0.15) is 62.7 Å². The molecule has 6 atom stereocenters. The lowest BCUT2D eigenvalue weighted by Gasteiger charge is -2.46. The van der Waals surface area contributed by atoms with E-state index in [2.05, 4.69) is 21.3 Å². The maximum absolute atomic E-state index is 12.5. The predicted octanol–water partition coefficient (Wildman–Crippen LogP) is -0.487. The number of carbonyl (C=O) groups excluding carboxylic acids is 4. The third kappa shape index (κ3) is 20.2. The van der Waals surface area contributed by atoms with Crippen LogP contribution >= 0.6 is 11.6 Å². The Hall–Kier alpha value is -3.50. The molecule has 8 N–H and O–H groups in total. The molecule has 1 aliphatic heterocycles. The van der Waals surface area contributed by atoms with Crippen molar-refractivity contribution in [1.29, 1.82) is 0 Å². The van der Waals surface area contributed by atoms with Gasteiger partial charge in [0, 0.05) is 56.9 Å². The molecule has 1 aliphatic rings.